The van der Waals surface area contributed by atoms with Gasteiger partial charge in [0.25, 0.3) is 0 Å². The minimum atomic E-state index is -2.70. The van der Waals surface area contributed by atoms with Crippen molar-refractivity contribution in [1.82, 2.24) is 0 Å². The Morgan fingerprint density at radius 3 is 2.54 bits per heavy atom. The summed E-state index contributed by atoms with van der Waals surface area (Å²) in [5, 5.41) is 3.45. The van der Waals surface area contributed by atoms with Gasteiger partial charge in [0.15, 0.2) is 0 Å². The quantitative estimate of drug-likeness (QED) is 0.633. The van der Waals surface area contributed by atoms with E-state index in [0.717, 1.165) is 35.3 Å². The number of anilines is 1. The van der Waals surface area contributed by atoms with Crippen LogP contribution in [0, 0.1) is 5.92 Å². The normalized spacial score (nSPS) is 18.8. The summed E-state index contributed by atoms with van der Waals surface area (Å²) in [7, 11) is -2.70. The van der Waals surface area contributed by atoms with E-state index >= 15 is 0 Å². The first-order valence-corrected chi connectivity index (χ1v) is 11.7. The number of ether oxygens (including phenoxy) is 2. The van der Waals surface area contributed by atoms with Gasteiger partial charge in [0.05, 0.1) is 0 Å². The van der Waals surface area contributed by atoms with Gasteiger partial charge in [-0.25, -0.2) is 0 Å². The Balaban J connectivity index is 1.59. The van der Waals surface area contributed by atoms with E-state index in [1.54, 1.807) is 0 Å². The Bertz CT molecular complexity index is 1100. The van der Waals surface area contributed by atoms with E-state index in [0.29, 0.717) is 12.5 Å². The second kappa shape index (κ2) is 5.83. The van der Waals surface area contributed by atoms with E-state index in [2.05, 4.69) is 18.2 Å². The van der Waals surface area contributed by atoms with Crippen LogP contribution in [0.5, 0.6) is 11.5 Å². The van der Waals surface area contributed by atoms with Gasteiger partial charge < -0.3 is 0 Å². The van der Waals surface area contributed by atoms with Crippen LogP contribution in [0.15, 0.2) is 72.8 Å². The van der Waals surface area contributed by atoms with Gasteiger partial charge in [0, 0.05) is 0 Å². The van der Waals surface area contributed by atoms with Gasteiger partial charge in [-0.05, 0) is 0 Å². The Kier molecular flexibility index (Phi) is 3.36. The van der Waals surface area contributed by atoms with E-state index in [-0.39, 0.29) is 6.09 Å². The zero-order chi connectivity index (χ0) is 18.7. The first kappa shape index (κ1) is 16.1. The van der Waals surface area contributed by atoms with Gasteiger partial charge in [0.1, 0.15) is 0 Å². The summed E-state index contributed by atoms with van der Waals surface area (Å²) in [5.74, 6) is 2.23. The average Bonchev–Trinajstić information content (AvgIpc) is 3.55. The third kappa shape index (κ3) is 2.07. The third-order valence-electron chi connectivity index (χ3n) is 5.95. The molecule has 2 aliphatic heterocycles. The molecule has 3 aromatic rings. The van der Waals surface area contributed by atoms with Crippen molar-refractivity contribution < 1.29 is 14.3 Å². The molecule has 1 amide bonds. The van der Waals surface area contributed by atoms with Gasteiger partial charge in [-0.1, -0.05) is 0 Å². The number of para-hydroxylation sites is 1. The minimum absolute atomic E-state index is 0.233. The summed E-state index contributed by atoms with van der Waals surface area (Å²) in [6, 6.07) is 24.4. The number of rotatable bonds is 3. The number of nitrogens with zero attached hydrogens (tertiary/aromatic N) is 1. The summed E-state index contributed by atoms with van der Waals surface area (Å²) in [6.07, 6.45) is 2.08. The molecule has 0 radical (unpaired) electrons. The Morgan fingerprint density at radius 2 is 1.71 bits per heavy atom. The van der Waals surface area contributed by atoms with Crippen molar-refractivity contribution in [1.29, 1.82) is 0 Å². The first-order chi connectivity index (χ1) is 13.8. The van der Waals surface area contributed by atoms with Crippen LogP contribution < -0.4 is 25.3 Å². The van der Waals surface area contributed by atoms with Gasteiger partial charge in [0.2, 0.25) is 0 Å². The third-order valence-corrected chi connectivity index (χ3v) is 10.6. The SMILES string of the molecule is O=C(OCC1CC1)N1c2cccc3c2[PH]1(c1ccccc1)c1ccccc1O3. The number of amides is 1. The molecule has 5 heteroatoms. The van der Waals surface area contributed by atoms with Crippen molar-refractivity contribution in [2.45, 2.75) is 12.8 Å². The molecular weight excluding hydrogens is 369 g/mol. The molecule has 140 valence electrons. The van der Waals surface area contributed by atoms with E-state index in [1.807, 2.05) is 59.3 Å². The molecule has 0 atom stereocenters. The molecule has 4 nitrogen and oxygen atoms in total. The summed E-state index contributed by atoms with van der Waals surface area (Å²) >= 11 is 0. The molecule has 0 aromatic heterocycles. The molecule has 28 heavy (non-hydrogen) atoms. The molecule has 0 bridgehead atoms. The van der Waals surface area contributed by atoms with Crippen LogP contribution in [0.25, 0.3) is 0 Å². The van der Waals surface area contributed by atoms with Gasteiger partial charge in [-0.2, -0.15) is 0 Å². The number of hydrogen-bond donors (Lipinski definition) is 0. The van der Waals surface area contributed by atoms with Crippen LogP contribution in [-0.2, 0) is 4.74 Å². The van der Waals surface area contributed by atoms with Gasteiger partial charge >= 0.3 is 164 Å². The molecule has 0 N–H and O–H groups in total. The topological polar surface area (TPSA) is 38.8 Å². The number of hydrogen-bond acceptors (Lipinski definition) is 3. The Morgan fingerprint density at radius 1 is 0.964 bits per heavy atom. The number of carbonyl (C=O) groups excluding carboxylic acids is 1. The molecule has 0 unspecified atom stereocenters. The van der Waals surface area contributed by atoms with Crippen LogP contribution in [0.3, 0.4) is 0 Å². The first-order valence-electron chi connectivity index (χ1n) is 9.73. The molecule has 2 heterocycles. The molecule has 1 fully saturated rings. The van der Waals surface area contributed by atoms with Crippen molar-refractivity contribution in [2.24, 2.45) is 5.92 Å². The van der Waals surface area contributed by atoms with Gasteiger partial charge in [-0.3, -0.25) is 0 Å². The standard InChI is InChI=1S/C23H20NO3P/c25-23(26-15-16-13-14-16)24-18-9-6-11-20-22(18)28(24,17-7-2-1-3-8-17)21-12-5-4-10-19(21)27-20/h1-12,16,28H,13-15H2. The van der Waals surface area contributed by atoms with Crippen LogP contribution in [-0.4, -0.2) is 12.7 Å². The predicted octanol–water partition coefficient (Wildman–Crippen LogP) is 4.10. The van der Waals surface area contributed by atoms with E-state index < -0.39 is 7.41 Å². The molecule has 0 saturated heterocycles. The number of fused-ring (bicyclic) bond motifs is 2. The fourth-order valence-electron chi connectivity index (χ4n) is 4.50. The molecule has 3 aromatic carbocycles. The Labute approximate surface area is 164 Å². The van der Waals surface area contributed by atoms with E-state index in [1.165, 1.54) is 10.6 Å². The number of carbonyl (C=O) groups is 1. The molecular formula is C23H20NO3P. The van der Waals surface area contributed by atoms with Crippen LogP contribution in [0.4, 0.5) is 10.5 Å². The fraction of sp³-hybridized carbons (Fsp3) is 0.174. The second-order valence-corrected chi connectivity index (χ2v) is 11.2. The predicted molar refractivity (Wildman–Crippen MR) is 113 cm³/mol. The van der Waals surface area contributed by atoms with Crippen LogP contribution in [0.2, 0.25) is 0 Å². The van der Waals surface area contributed by atoms with Crippen molar-refractivity contribution in [3.63, 3.8) is 0 Å². The maximum atomic E-state index is 13.3. The molecule has 0 spiro atoms. The van der Waals surface area contributed by atoms with Crippen molar-refractivity contribution in [2.75, 3.05) is 11.3 Å². The summed E-state index contributed by atoms with van der Waals surface area (Å²) < 4.78 is 13.9. The van der Waals surface area contributed by atoms with E-state index in [9.17, 15) is 4.79 Å². The fourth-order valence-corrected chi connectivity index (χ4v) is 9.38. The summed E-state index contributed by atoms with van der Waals surface area (Å²) in [5.41, 5.74) is 0.920. The molecule has 3 aliphatic rings. The maximum absolute atomic E-state index is 13.3. The van der Waals surface area contributed by atoms with Crippen molar-refractivity contribution in [3.8, 4) is 11.5 Å². The summed E-state index contributed by atoms with van der Waals surface area (Å²) in [6.45, 7) is 0.516. The Hall–Kier alpha value is -2.84. The number of benzene rings is 3. The van der Waals surface area contributed by atoms with Crippen LogP contribution >= 0.6 is 7.41 Å². The zero-order valence-electron chi connectivity index (χ0n) is 15.3. The van der Waals surface area contributed by atoms with Gasteiger partial charge in [-0.15, -0.1) is 0 Å². The second-order valence-electron chi connectivity index (χ2n) is 7.68. The molecule has 1 saturated carbocycles. The zero-order valence-corrected chi connectivity index (χ0v) is 16.3. The molecule has 6 rings (SSSR count). The van der Waals surface area contributed by atoms with Crippen molar-refractivity contribution in [3.05, 3.63) is 72.8 Å². The molecule has 1 aliphatic carbocycles. The average molecular weight is 389 g/mol. The monoisotopic (exact) mass is 389 g/mol. The van der Waals surface area contributed by atoms with E-state index in [4.69, 9.17) is 9.47 Å². The van der Waals surface area contributed by atoms with Crippen LogP contribution in [0.1, 0.15) is 12.8 Å². The summed E-state index contributed by atoms with van der Waals surface area (Å²) in [4.78, 5) is 13.3. The van der Waals surface area contributed by atoms with Crippen molar-refractivity contribution >= 4 is 35.1 Å².